The molecule has 0 aromatic carbocycles. The summed E-state index contributed by atoms with van der Waals surface area (Å²) in [6, 6.07) is 4.93. The zero-order valence-electron chi connectivity index (χ0n) is 10.4. The molecule has 2 rings (SSSR count). The van der Waals surface area contributed by atoms with Crippen LogP contribution >= 0.6 is 27.3 Å². The third-order valence-electron chi connectivity index (χ3n) is 3.78. The molecule has 2 atom stereocenters. The third kappa shape index (κ3) is 3.53. The Morgan fingerprint density at radius 3 is 2.94 bits per heavy atom. The van der Waals surface area contributed by atoms with Crippen LogP contribution in [-0.4, -0.2) is 24.0 Å². The topological polar surface area (TPSA) is 29.3 Å². The molecule has 1 saturated heterocycles. The highest BCUT2D eigenvalue weighted by atomic mass is 79.9. The van der Waals surface area contributed by atoms with E-state index < -0.39 is 0 Å². The zero-order chi connectivity index (χ0) is 12.3. The zero-order valence-corrected chi connectivity index (χ0v) is 12.8. The van der Waals surface area contributed by atoms with Gasteiger partial charge in [-0.25, -0.2) is 0 Å². The van der Waals surface area contributed by atoms with Gasteiger partial charge in [0.2, 0.25) is 0 Å². The van der Waals surface area contributed by atoms with E-state index in [1.54, 1.807) is 0 Å². The van der Waals surface area contributed by atoms with Crippen molar-refractivity contribution in [2.24, 2.45) is 11.7 Å². The molecule has 0 bridgehead atoms. The summed E-state index contributed by atoms with van der Waals surface area (Å²) in [5, 5.41) is 0. The van der Waals surface area contributed by atoms with Gasteiger partial charge in [-0.3, -0.25) is 4.90 Å². The van der Waals surface area contributed by atoms with E-state index in [-0.39, 0.29) is 0 Å². The summed E-state index contributed by atoms with van der Waals surface area (Å²) in [5.41, 5.74) is 5.92. The lowest BCUT2D eigenvalue weighted by Crippen LogP contribution is -2.45. The largest absolute Gasteiger partial charge is 0.329 e. The molecule has 1 aromatic heterocycles. The Hall–Kier alpha value is 0.1000. The predicted octanol–water partition coefficient (Wildman–Crippen LogP) is 3.46. The molecule has 0 saturated carbocycles. The van der Waals surface area contributed by atoms with Gasteiger partial charge >= 0.3 is 0 Å². The maximum atomic E-state index is 5.92. The first kappa shape index (κ1) is 13.5. The molecule has 1 fully saturated rings. The van der Waals surface area contributed by atoms with E-state index in [9.17, 15) is 0 Å². The highest BCUT2D eigenvalue weighted by Gasteiger charge is 2.26. The molecule has 2 heterocycles. The van der Waals surface area contributed by atoms with Crippen LogP contribution in [-0.2, 0) is 6.54 Å². The van der Waals surface area contributed by atoms with E-state index in [0.29, 0.717) is 6.04 Å². The Morgan fingerprint density at radius 1 is 1.53 bits per heavy atom. The minimum atomic E-state index is 0.578. The molecular weight excluding hydrogens is 296 g/mol. The summed E-state index contributed by atoms with van der Waals surface area (Å²) < 4.78 is 1.22. The fourth-order valence-corrected chi connectivity index (χ4v) is 4.15. The van der Waals surface area contributed by atoms with Crippen molar-refractivity contribution in [3.8, 4) is 0 Å². The second-order valence-electron chi connectivity index (χ2n) is 4.86. The number of rotatable bonds is 4. The molecule has 2 N–H and O–H groups in total. The Kier molecular flexibility index (Phi) is 5.03. The Labute approximate surface area is 116 Å². The molecular formula is C13H21BrN2S. The monoisotopic (exact) mass is 316 g/mol. The van der Waals surface area contributed by atoms with Gasteiger partial charge in [-0.15, -0.1) is 11.3 Å². The molecule has 2 nitrogen and oxygen atoms in total. The first-order valence-corrected chi connectivity index (χ1v) is 8.02. The van der Waals surface area contributed by atoms with E-state index in [4.69, 9.17) is 5.73 Å². The normalized spacial score (nSPS) is 26.3. The number of likely N-dealkylation sites (tertiary alicyclic amines) is 1. The van der Waals surface area contributed by atoms with Crippen molar-refractivity contribution in [2.75, 3.05) is 13.1 Å². The maximum Gasteiger partial charge on any atom is 0.0701 e. The van der Waals surface area contributed by atoms with Crippen molar-refractivity contribution in [1.82, 2.24) is 4.90 Å². The van der Waals surface area contributed by atoms with Crippen molar-refractivity contribution in [2.45, 2.75) is 38.8 Å². The van der Waals surface area contributed by atoms with Gasteiger partial charge in [0, 0.05) is 24.0 Å². The van der Waals surface area contributed by atoms with E-state index >= 15 is 0 Å². The molecule has 1 aliphatic heterocycles. The van der Waals surface area contributed by atoms with Crippen molar-refractivity contribution in [3.05, 3.63) is 20.8 Å². The lowest BCUT2D eigenvalue weighted by Gasteiger charge is -2.38. The number of nitrogens with two attached hydrogens (primary N) is 1. The van der Waals surface area contributed by atoms with Crippen LogP contribution in [0, 0.1) is 5.92 Å². The lowest BCUT2D eigenvalue weighted by atomic mass is 9.89. The van der Waals surface area contributed by atoms with Gasteiger partial charge in [0.1, 0.15) is 0 Å². The Balaban J connectivity index is 1.95. The number of piperidine rings is 1. The summed E-state index contributed by atoms with van der Waals surface area (Å²) in [6.07, 6.45) is 3.91. The molecule has 4 heteroatoms. The van der Waals surface area contributed by atoms with Gasteiger partial charge in [-0.2, -0.15) is 0 Å². The highest BCUT2D eigenvalue weighted by molar-refractivity contribution is 9.11. The summed E-state index contributed by atoms with van der Waals surface area (Å²) in [7, 11) is 0. The third-order valence-corrected chi connectivity index (χ3v) is 5.39. The quantitative estimate of drug-likeness (QED) is 0.921. The maximum absolute atomic E-state index is 5.92. The number of halogens is 1. The van der Waals surface area contributed by atoms with Crippen molar-refractivity contribution in [1.29, 1.82) is 0 Å². The van der Waals surface area contributed by atoms with Crippen molar-refractivity contribution in [3.63, 3.8) is 0 Å². The van der Waals surface area contributed by atoms with Crippen LogP contribution in [0.1, 0.15) is 31.1 Å². The van der Waals surface area contributed by atoms with Gasteiger partial charge in [0.15, 0.2) is 0 Å². The van der Waals surface area contributed by atoms with Crippen LogP contribution in [0.3, 0.4) is 0 Å². The summed E-state index contributed by atoms with van der Waals surface area (Å²) in [6.45, 7) is 5.36. The fraction of sp³-hybridized carbons (Fsp3) is 0.692. The first-order chi connectivity index (χ1) is 8.22. The van der Waals surface area contributed by atoms with Gasteiger partial charge in [-0.05, 0) is 53.4 Å². The first-order valence-electron chi connectivity index (χ1n) is 6.41. The standard InChI is InChI=1S/C13H21BrN2S/c1-2-10-5-6-16(11(7-10)8-15)9-12-3-4-13(14)17-12/h3-4,10-11H,2,5-9,15H2,1H3. The van der Waals surface area contributed by atoms with Crippen LogP contribution in [0.2, 0.25) is 0 Å². The molecule has 0 radical (unpaired) electrons. The summed E-state index contributed by atoms with van der Waals surface area (Å²) >= 11 is 5.36. The Bertz CT molecular complexity index is 353. The molecule has 2 unspecified atom stereocenters. The van der Waals surface area contributed by atoms with Crippen LogP contribution in [0.4, 0.5) is 0 Å². The van der Waals surface area contributed by atoms with E-state index in [1.807, 2.05) is 11.3 Å². The van der Waals surface area contributed by atoms with Crippen molar-refractivity contribution >= 4 is 27.3 Å². The average molecular weight is 317 g/mol. The number of nitrogens with zero attached hydrogens (tertiary/aromatic N) is 1. The highest BCUT2D eigenvalue weighted by Crippen LogP contribution is 2.29. The number of hydrogen-bond donors (Lipinski definition) is 1. The Morgan fingerprint density at radius 2 is 2.35 bits per heavy atom. The molecule has 1 aliphatic rings. The lowest BCUT2D eigenvalue weighted by molar-refractivity contribution is 0.108. The smallest absolute Gasteiger partial charge is 0.0701 e. The fourth-order valence-electron chi connectivity index (χ4n) is 2.64. The number of thiophene rings is 1. The van der Waals surface area contributed by atoms with Crippen LogP contribution in [0.25, 0.3) is 0 Å². The molecule has 96 valence electrons. The molecule has 0 amide bonds. The minimum absolute atomic E-state index is 0.578. The summed E-state index contributed by atoms with van der Waals surface area (Å²) in [4.78, 5) is 4.00. The minimum Gasteiger partial charge on any atom is -0.329 e. The van der Waals surface area contributed by atoms with Crippen LogP contribution in [0.15, 0.2) is 15.9 Å². The van der Waals surface area contributed by atoms with Gasteiger partial charge in [0.25, 0.3) is 0 Å². The second-order valence-corrected chi connectivity index (χ2v) is 7.41. The number of hydrogen-bond acceptors (Lipinski definition) is 3. The van der Waals surface area contributed by atoms with E-state index in [0.717, 1.165) is 19.0 Å². The molecule has 17 heavy (non-hydrogen) atoms. The van der Waals surface area contributed by atoms with Crippen LogP contribution < -0.4 is 5.73 Å². The SMILES string of the molecule is CCC1CCN(Cc2ccc(Br)s2)C(CN)C1. The van der Waals surface area contributed by atoms with Crippen molar-refractivity contribution < 1.29 is 0 Å². The van der Waals surface area contributed by atoms with Gasteiger partial charge in [-0.1, -0.05) is 13.3 Å². The average Bonchev–Trinajstić information content (AvgIpc) is 2.75. The van der Waals surface area contributed by atoms with Gasteiger partial charge in [0.05, 0.1) is 3.79 Å². The van der Waals surface area contributed by atoms with E-state index in [2.05, 4.69) is 39.9 Å². The summed E-state index contributed by atoms with van der Waals surface area (Å²) in [5.74, 6) is 0.884. The molecule has 0 aliphatic carbocycles. The second kappa shape index (κ2) is 6.32. The predicted molar refractivity (Wildman–Crippen MR) is 78.3 cm³/mol. The molecule has 0 spiro atoms. The molecule has 1 aromatic rings. The van der Waals surface area contributed by atoms with Crippen LogP contribution in [0.5, 0.6) is 0 Å². The van der Waals surface area contributed by atoms with Gasteiger partial charge < -0.3 is 5.73 Å². The van der Waals surface area contributed by atoms with E-state index in [1.165, 1.54) is 34.5 Å².